The quantitative estimate of drug-likeness (QED) is 0.504. The van der Waals surface area contributed by atoms with Crippen LogP contribution in [0.15, 0.2) is 81.3 Å². The molecule has 0 unspecified atom stereocenters. The predicted octanol–water partition coefficient (Wildman–Crippen LogP) is 5.37. The first-order valence-corrected chi connectivity index (χ1v) is 11.5. The zero-order valence-electron chi connectivity index (χ0n) is 18.2. The lowest BCUT2D eigenvalue weighted by Crippen LogP contribution is -2.12. The van der Waals surface area contributed by atoms with Crippen molar-refractivity contribution in [2.75, 3.05) is 11.9 Å². The van der Waals surface area contributed by atoms with Gasteiger partial charge in [-0.05, 0) is 54.5 Å². The SMILES string of the molecule is CCCC(=O)Cc1ccc(Sc2nc(NC3=NCC(C)=C3)nc(-c3ccccc3)n2)cc1. The van der Waals surface area contributed by atoms with Crippen molar-refractivity contribution in [2.45, 2.75) is 43.2 Å². The summed E-state index contributed by atoms with van der Waals surface area (Å²) in [5.41, 5.74) is 3.14. The first-order valence-electron chi connectivity index (χ1n) is 10.7. The Kier molecular flexibility index (Phi) is 7.07. The molecule has 2 heterocycles. The number of aliphatic imine (C=N–C) groups is 1. The fraction of sp³-hybridized carbons (Fsp3) is 0.240. The third kappa shape index (κ3) is 5.88. The molecule has 0 amide bonds. The van der Waals surface area contributed by atoms with Crippen LogP contribution in [0.5, 0.6) is 0 Å². The minimum atomic E-state index is 0.271. The molecule has 7 heteroatoms. The molecule has 3 aromatic rings. The number of ketones is 1. The molecule has 0 saturated carbocycles. The van der Waals surface area contributed by atoms with E-state index in [1.54, 1.807) is 0 Å². The molecule has 0 saturated heterocycles. The number of amidine groups is 1. The van der Waals surface area contributed by atoms with Crippen molar-refractivity contribution in [1.82, 2.24) is 15.0 Å². The summed E-state index contributed by atoms with van der Waals surface area (Å²) < 4.78 is 0. The van der Waals surface area contributed by atoms with E-state index in [-0.39, 0.29) is 5.78 Å². The molecule has 0 radical (unpaired) electrons. The zero-order valence-corrected chi connectivity index (χ0v) is 19.0. The molecular weight excluding hydrogens is 418 g/mol. The molecule has 1 aromatic heterocycles. The van der Waals surface area contributed by atoms with E-state index in [1.165, 1.54) is 17.3 Å². The fourth-order valence-corrected chi connectivity index (χ4v) is 4.02. The van der Waals surface area contributed by atoms with Crippen LogP contribution in [0.25, 0.3) is 11.4 Å². The second-order valence-electron chi connectivity index (χ2n) is 7.66. The van der Waals surface area contributed by atoms with Crippen molar-refractivity contribution in [2.24, 2.45) is 4.99 Å². The average Bonchev–Trinajstić information content (AvgIpc) is 3.20. The van der Waals surface area contributed by atoms with Crippen LogP contribution in [0.3, 0.4) is 0 Å². The summed E-state index contributed by atoms with van der Waals surface area (Å²) in [6.07, 6.45) is 3.98. The molecule has 6 nitrogen and oxygen atoms in total. The largest absolute Gasteiger partial charge is 0.309 e. The minimum absolute atomic E-state index is 0.271. The summed E-state index contributed by atoms with van der Waals surface area (Å²) >= 11 is 1.46. The van der Waals surface area contributed by atoms with E-state index in [2.05, 4.69) is 25.3 Å². The van der Waals surface area contributed by atoms with Crippen molar-refractivity contribution in [1.29, 1.82) is 0 Å². The standard InChI is InChI=1S/C25H25N5OS/c1-3-7-20(31)15-18-10-12-21(13-11-18)32-25-29-23(19-8-5-4-6-9-19)28-24(30-25)27-22-14-17(2)16-26-22/h4-6,8-14H,3,7,15-16H2,1-2H3,(H,26,27,28,29,30). The third-order valence-electron chi connectivity index (χ3n) is 4.83. The lowest BCUT2D eigenvalue weighted by molar-refractivity contribution is -0.118. The van der Waals surface area contributed by atoms with Gasteiger partial charge in [-0.1, -0.05) is 49.4 Å². The Bertz CT molecular complexity index is 1160. The van der Waals surface area contributed by atoms with Gasteiger partial charge in [-0.15, -0.1) is 0 Å². The van der Waals surface area contributed by atoms with Gasteiger partial charge in [0.1, 0.15) is 11.6 Å². The Hall–Kier alpha value is -3.32. The van der Waals surface area contributed by atoms with Crippen LogP contribution >= 0.6 is 11.8 Å². The van der Waals surface area contributed by atoms with Crippen LogP contribution < -0.4 is 5.32 Å². The number of nitrogens with zero attached hydrogens (tertiary/aromatic N) is 4. The molecule has 162 valence electrons. The Balaban J connectivity index is 1.57. The molecule has 1 aliphatic heterocycles. The van der Waals surface area contributed by atoms with Gasteiger partial charge in [0.2, 0.25) is 5.95 Å². The zero-order chi connectivity index (χ0) is 22.3. The van der Waals surface area contributed by atoms with E-state index in [0.29, 0.717) is 36.3 Å². The fourth-order valence-electron chi connectivity index (χ4n) is 3.27. The van der Waals surface area contributed by atoms with Crippen molar-refractivity contribution in [3.8, 4) is 11.4 Å². The van der Waals surface area contributed by atoms with Crippen LogP contribution in [-0.2, 0) is 11.2 Å². The summed E-state index contributed by atoms with van der Waals surface area (Å²) in [4.78, 5) is 31.2. The molecule has 0 spiro atoms. The van der Waals surface area contributed by atoms with E-state index in [0.717, 1.165) is 28.3 Å². The van der Waals surface area contributed by atoms with Gasteiger partial charge in [0.15, 0.2) is 11.0 Å². The minimum Gasteiger partial charge on any atom is -0.309 e. The number of hydrogen-bond donors (Lipinski definition) is 1. The van der Waals surface area contributed by atoms with E-state index < -0.39 is 0 Å². The van der Waals surface area contributed by atoms with Gasteiger partial charge in [-0.3, -0.25) is 9.79 Å². The number of rotatable bonds is 8. The lowest BCUT2D eigenvalue weighted by Gasteiger charge is -2.09. The number of hydrogen-bond acceptors (Lipinski definition) is 7. The summed E-state index contributed by atoms with van der Waals surface area (Å²) in [5.74, 6) is 2.09. The number of nitrogens with one attached hydrogen (secondary N) is 1. The maximum absolute atomic E-state index is 11.9. The van der Waals surface area contributed by atoms with Gasteiger partial charge in [-0.2, -0.15) is 9.97 Å². The number of benzene rings is 2. The van der Waals surface area contributed by atoms with Crippen LogP contribution in [-0.4, -0.2) is 33.1 Å². The number of carbonyl (C=O) groups excluding carboxylic acids is 1. The van der Waals surface area contributed by atoms with Crippen molar-refractivity contribution >= 4 is 29.3 Å². The maximum atomic E-state index is 11.9. The van der Waals surface area contributed by atoms with Crippen LogP contribution in [0, 0.1) is 0 Å². The normalized spacial score (nSPS) is 12.9. The van der Waals surface area contributed by atoms with E-state index >= 15 is 0 Å². The molecule has 0 atom stereocenters. The molecule has 4 rings (SSSR count). The van der Waals surface area contributed by atoms with Crippen LogP contribution in [0.2, 0.25) is 0 Å². The molecule has 1 N–H and O–H groups in total. The number of carbonyl (C=O) groups is 1. The molecule has 32 heavy (non-hydrogen) atoms. The highest BCUT2D eigenvalue weighted by Crippen LogP contribution is 2.28. The van der Waals surface area contributed by atoms with E-state index in [4.69, 9.17) is 0 Å². The van der Waals surface area contributed by atoms with Gasteiger partial charge in [0, 0.05) is 23.3 Å². The molecule has 1 aliphatic rings. The van der Waals surface area contributed by atoms with Gasteiger partial charge in [0.25, 0.3) is 0 Å². The molecule has 0 bridgehead atoms. The van der Waals surface area contributed by atoms with Gasteiger partial charge < -0.3 is 5.32 Å². The Morgan fingerprint density at radius 2 is 1.81 bits per heavy atom. The summed E-state index contributed by atoms with van der Waals surface area (Å²) in [5, 5.41) is 3.80. The van der Waals surface area contributed by atoms with Gasteiger partial charge in [0.05, 0.1) is 6.54 Å². The highest BCUT2D eigenvalue weighted by molar-refractivity contribution is 7.99. The topological polar surface area (TPSA) is 80.1 Å². The molecule has 0 aliphatic carbocycles. The van der Waals surface area contributed by atoms with E-state index in [9.17, 15) is 4.79 Å². The average molecular weight is 444 g/mol. The summed E-state index contributed by atoms with van der Waals surface area (Å²) in [6, 6.07) is 17.9. The summed E-state index contributed by atoms with van der Waals surface area (Å²) in [6.45, 7) is 4.76. The third-order valence-corrected chi connectivity index (χ3v) is 5.70. The number of aromatic nitrogens is 3. The van der Waals surface area contributed by atoms with Crippen molar-refractivity contribution in [3.63, 3.8) is 0 Å². The predicted molar refractivity (Wildman–Crippen MR) is 129 cm³/mol. The second kappa shape index (κ2) is 10.3. The highest BCUT2D eigenvalue weighted by Gasteiger charge is 2.13. The maximum Gasteiger partial charge on any atom is 0.232 e. The highest BCUT2D eigenvalue weighted by atomic mass is 32.2. The monoisotopic (exact) mass is 443 g/mol. The summed E-state index contributed by atoms with van der Waals surface area (Å²) in [7, 11) is 0. The first-order chi connectivity index (χ1) is 15.6. The van der Waals surface area contributed by atoms with Crippen LogP contribution in [0.1, 0.15) is 32.3 Å². The van der Waals surface area contributed by atoms with Gasteiger partial charge >= 0.3 is 0 Å². The Morgan fingerprint density at radius 1 is 1.03 bits per heavy atom. The number of anilines is 1. The second-order valence-corrected chi connectivity index (χ2v) is 8.70. The molecule has 2 aromatic carbocycles. The Morgan fingerprint density at radius 3 is 2.50 bits per heavy atom. The molecule has 0 fully saturated rings. The van der Waals surface area contributed by atoms with Crippen molar-refractivity contribution < 1.29 is 4.79 Å². The lowest BCUT2D eigenvalue weighted by atomic mass is 10.1. The van der Waals surface area contributed by atoms with E-state index in [1.807, 2.05) is 74.5 Å². The first kappa shape index (κ1) is 21.9. The smallest absolute Gasteiger partial charge is 0.232 e. The number of Topliss-reactive ketones (excluding diaryl/α,β-unsaturated/α-hetero) is 1. The van der Waals surface area contributed by atoms with Crippen molar-refractivity contribution in [3.05, 3.63) is 71.8 Å². The van der Waals surface area contributed by atoms with Gasteiger partial charge in [-0.25, -0.2) is 4.98 Å². The van der Waals surface area contributed by atoms with Crippen LogP contribution in [0.4, 0.5) is 5.95 Å². The Labute approximate surface area is 192 Å². The molecular formula is C25H25N5OS.